The number of ether oxygens (including phenoxy) is 3. The van der Waals surface area contributed by atoms with Gasteiger partial charge in [0.15, 0.2) is 11.5 Å². The van der Waals surface area contributed by atoms with E-state index in [1.807, 2.05) is 6.07 Å². The van der Waals surface area contributed by atoms with Gasteiger partial charge in [0.25, 0.3) is 0 Å². The summed E-state index contributed by atoms with van der Waals surface area (Å²) in [6.45, 7) is 1.60. The van der Waals surface area contributed by atoms with Crippen molar-refractivity contribution in [3.63, 3.8) is 0 Å². The molecule has 7 heteroatoms. The van der Waals surface area contributed by atoms with Gasteiger partial charge in [0.05, 0.1) is 36.3 Å². The van der Waals surface area contributed by atoms with Gasteiger partial charge in [-0.15, -0.1) is 0 Å². The quantitative estimate of drug-likeness (QED) is 0.849. The third-order valence-corrected chi connectivity index (χ3v) is 4.60. The molecule has 1 fully saturated rings. The second-order valence-electron chi connectivity index (χ2n) is 5.41. The Morgan fingerprint density at radius 2 is 2.23 bits per heavy atom. The van der Waals surface area contributed by atoms with E-state index in [1.165, 1.54) is 0 Å². The van der Waals surface area contributed by atoms with E-state index in [9.17, 15) is 9.90 Å². The first-order chi connectivity index (χ1) is 10.6. The zero-order valence-electron chi connectivity index (χ0n) is 12.2. The second kappa shape index (κ2) is 6.34. The Hall–Kier alpha value is -1.47. The Bertz CT molecular complexity index is 592. The van der Waals surface area contributed by atoms with Crippen molar-refractivity contribution >= 4 is 21.9 Å². The number of fused-ring (bicyclic) bond motifs is 1. The summed E-state index contributed by atoms with van der Waals surface area (Å²) < 4.78 is 17.9. The van der Waals surface area contributed by atoms with Crippen LogP contribution in [0.15, 0.2) is 10.5 Å². The van der Waals surface area contributed by atoms with Crippen LogP contribution in [0.25, 0.3) is 0 Å². The van der Waals surface area contributed by atoms with Crippen LogP contribution in [0.3, 0.4) is 0 Å². The molecule has 2 N–H and O–H groups in total. The highest BCUT2D eigenvalue weighted by Crippen LogP contribution is 2.49. The number of carbonyl (C=O) groups is 1. The Kier molecular flexibility index (Phi) is 4.44. The number of carboxylic acids is 1. The summed E-state index contributed by atoms with van der Waals surface area (Å²) in [5.74, 6) is 0.790. The zero-order valence-corrected chi connectivity index (χ0v) is 13.8. The van der Waals surface area contributed by atoms with Crippen molar-refractivity contribution in [3.05, 3.63) is 16.1 Å². The molecule has 2 atom stereocenters. The minimum absolute atomic E-state index is 0.135. The maximum Gasteiger partial charge on any atom is 0.307 e. The number of nitrogens with one attached hydrogen (secondary N) is 1. The number of carboxylic acid groups (broad SMARTS) is 1. The molecule has 2 unspecified atom stereocenters. The standard InChI is InChI=1S/C15H18BrNO5/c1-20-13-9(16)6-11-14(22-4-2-3-21-11)12(13)10-5-8(7-17-10)15(18)19/h6,8,10,17H,2-5,7H2,1H3,(H,18,19). The van der Waals surface area contributed by atoms with Crippen LogP contribution in [-0.2, 0) is 4.79 Å². The summed E-state index contributed by atoms with van der Waals surface area (Å²) in [4.78, 5) is 11.2. The molecule has 0 aliphatic carbocycles. The highest BCUT2D eigenvalue weighted by atomic mass is 79.9. The maximum atomic E-state index is 11.2. The lowest BCUT2D eigenvalue weighted by molar-refractivity contribution is -0.141. The van der Waals surface area contributed by atoms with Gasteiger partial charge in [-0.1, -0.05) is 0 Å². The fraction of sp³-hybridized carbons (Fsp3) is 0.533. The summed E-state index contributed by atoms with van der Waals surface area (Å²) >= 11 is 3.50. The van der Waals surface area contributed by atoms with Crippen LogP contribution in [0, 0.1) is 5.92 Å². The fourth-order valence-electron chi connectivity index (χ4n) is 2.95. The Morgan fingerprint density at radius 3 is 2.91 bits per heavy atom. The molecule has 120 valence electrons. The molecule has 0 radical (unpaired) electrons. The molecule has 2 aliphatic rings. The van der Waals surface area contributed by atoms with Crippen LogP contribution >= 0.6 is 15.9 Å². The topological polar surface area (TPSA) is 77.0 Å². The SMILES string of the molecule is COc1c(Br)cc2c(c1C1CC(C(=O)O)CN1)OCCCO2. The molecule has 0 amide bonds. The van der Waals surface area contributed by atoms with E-state index in [1.54, 1.807) is 7.11 Å². The van der Waals surface area contributed by atoms with Gasteiger partial charge >= 0.3 is 5.97 Å². The van der Waals surface area contributed by atoms with Gasteiger partial charge < -0.3 is 24.6 Å². The molecular weight excluding hydrogens is 354 g/mol. The van der Waals surface area contributed by atoms with Crippen LogP contribution in [-0.4, -0.2) is 37.9 Å². The number of halogens is 1. The average molecular weight is 372 g/mol. The predicted molar refractivity (Wildman–Crippen MR) is 82.8 cm³/mol. The second-order valence-corrected chi connectivity index (χ2v) is 6.27. The molecule has 1 saturated heterocycles. The maximum absolute atomic E-state index is 11.2. The van der Waals surface area contributed by atoms with E-state index in [0.717, 1.165) is 16.5 Å². The molecule has 3 rings (SSSR count). The van der Waals surface area contributed by atoms with Gasteiger partial charge in [0.1, 0.15) is 5.75 Å². The Balaban J connectivity index is 2.05. The lowest BCUT2D eigenvalue weighted by Crippen LogP contribution is -2.18. The third-order valence-electron chi connectivity index (χ3n) is 4.01. The van der Waals surface area contributed by atoms with Crippen LogP contribution in [0.4, 0.5) is 0 Å². The highest BCUT2D eigenvalue weighted by Gasteiger charge is 2.36. The van der Waals surface area contributed by atoms with Crippen molar-refractivity contribution in [1.29, 1.82) is 0 Å². The zero-order chi connectivity index (χ0) is 15.7. The van der Waals surface area contributed by atoms with Crippen molar-refractivity contribution in [3.8, 4) is 17.2 Å². The monoisotopic (exact) mass is 371 g/mol. The fourth-order valence-corrected chi connectivity index (χ4v) is 3.53. The van der Waals surface area contributed by atoms with Crippen molar-refractivity contribution < 1.29 is 24.1 Å². The molecule has 2 aliphatic heterocycles. The Labute approximate surface area is 136 Å². The molecule has 22 heavy (non-hydrogen) atoms. The summed E-state index contributed by atoms with van der Waals surface area (Å²) in [5.41, 5.74) is 0.831. The van der Waals surface area contributed by atoms with Gasteiger partial charge in [-0.3, -0.25) is 4.79 Å². The van der Waals surface area contributed by atoms with Crippen LogP contribution in [0.5, 0.6) is 17.2 Å². The first-order valence-electron chi connectivity index (χ1n) is 7.24. The molecule has 2 heterocycles. The van der Waals surface area contributed by atoms with Crippen LogP contribution < -0.4 is 19.5 Å². The highest BCUT2D eigenvalue weighted by molar-refractivity contribution is 9.10. The third kappa shape index (κ3) is 2.75. The summed E-state index contributed by atoms with van der Waals surface area (Å²) in [6.07, 6.45) is 1.31. The van der Waals surface area contributed by atoms with E-state index in [4.69, 9.17) is 14.2 Å². The Morgan fingerprint density at radius 1 is 1.45 bits per heavy atom. The molecule has 0 spiro atoms. The van der Waals surface area contributed by atoms with Gasteiger partial charge in [-0.05, 0) is 22.4 Å². The predicted octanol–water partition coefficient (Wildman–Crippen LogP) is 2.35. The van der Waals surface area contributed by atoms with E-state index in [-0.39, 0.29) is 6.04 Å². The number of methoxy groups -OCH3 is 1. The van der Waals surface area contributed by atoms with Crippen molar-refractivity contribution in [2.75, 3.05) is 26.9 Å². The number of rotatable bonds is 3. The van der Waals surface area contributed by atoms with Gasteiger partial charge in [-0.25, -0.2) is 0 Å². The normalized spacial score (nSPS) is 23.9. The summed E-state index contributed by atoms with van der Waals surface area (Å²) in [6, 6.07) is 1.70. The van der Waals surface area contributed by atoms with Crippen molar-refractivity contribution in [2.24, 2.45) is 5.92 Å². The molecular formula is C15H18BrNO5. The minimum Gasteiger partial charge on any atom is -0.495 e. The average Bonchev–Trinajstić information content (AvgIpc) is 2.86. The van der Waals surface area contributed by atoms with Crippen molar-refractivity contribution in [1.82, 2.24) is 5.32 Å². The number of benzene rings is 1. The molecule has 0 aromatic heterocycles. The summed E-state index contributed by atoms with van der Waals surface area (Å²) in [7, 11) is 1.59. The molecule has 1 aromatic rings. The molecule has 6 nitrogen and oxygen atoms in total. The first-order valence-corrected chi connectivity index (χ1v) is 8.03. The van der Waals surface area contributed by atoms with Crippen LogP contribution in [0.1, 0.15) is 24.4 Å². The van der Waals surface area contributed by atoms with E-state index in [2.05, 4.69) is 21.2 Å². The van der Waals surface area contributed by atoms with E-state index < -0.39 is 11.9 Å². The summed E-state index contributed by atoms with van der Waals surface area (Å²) in [5, 5.41) is 12.5. The smallest absolute Gasteiger partial charge is 0.307 e. The van der Waals surface area contributed by atoms with E-state index in [0.29, 0.717) is 43.4 Å². The van der Waals surface area contributed by atoms with Crippen molar-refractivity contribution in [2.45, 2.75) is 18.9 Å². The van der Waals surface area contributed by atoms with E-state index >= 15 is 0 Å². The number of hydrogen-bond donors (Lipinski definition) is 2. The molecule has 0 saturated carbocycles. The largest absolute Gasteiger partial charge is 0.495 e. The van der Waals surface area contributed by atoms with Gasteiger partial charge in [0, 0.05) is 25.1 Å². The van der Waals surface area contributed by atoms with Crippen LogP contribution in [0.2, 0.25) is 0 Å². The number of aliphatic carboxylic acids is 1. The first kappa shape index (κ1) is 15.4. The van der Waals surface area contributed by atoms with Gasteiger partial charge in [-0.2, -0.15) is 0 Å². The lowest BCUT2D eigenvalue weighted by Gasteiger charge is -2.21. The van der Waals surface area contributed by atoms with Gasteiger partial charge in [0.2, 0.25) is 0 Å². The number of hydrogen-bond acceptors (Lipinski definition) is 5. The minimum atomic E-state index is -0.785. The lowest BCUT2D eigenvalue weighted by atomic mass is 9.98. The molecule has 0 bridgehead atoms. The molecule has 1 aromatic carbocycles.